The average molecular weight is 245 g/mol. The zero-order valence-corrected chi connectivity index (χ0v) is 10.7. The predicted octanol–water partition coefficient (Wildman–Crippen LogP) is 2.56. The summed E-state index contributed by atoms with van der Waals surface area (Å²) in [6.45, 7) is 1.73. The number of anilines is 1. The lowest BCUT2D eigenvalue weighted by atomic mass is 10.1. The fraction of sp³-hybridized carbons (Fsp3) is 0.357. The van der Waals surface area contributed by atoms with Crippen molar-refractivity contribution in [2.45, 2.75) is 19.4 Å². The molecule has 0 saturated carbocycles. The maximum absolute atomic E-state index is 5.78. The molecular weight excluding hydrogens is 226 g/mol. The Morgan fingerprint density at radius 3 is 2.94 bits per heavy atom. The Morgan fingerprint density at radius 1 is 1.28 bits per heavy atom. The monoisotopic (exact) mass is 245 g/mol. The van der Waals surface area contributed by atoms with Crippen molar-refractivity contribution in [1.82, 2.24) is 9.78 Å². The second-order valence-corrected chi connectivity index (χ2v) is 4.32. The van der Waals surface area contributed by atoms with Crippen LogP contribution in [0.5, 0.6) is 0 Å². The van der Waals surface area contributed by atoms with E-state index in [0.29, 0.717) is 0 Å². The van der Waals surface area contributed by atoms with Gasteiger partial charge in [-0.15, -0.1) is 0 Å². The fourth-order valence-corrected chi connectivity index (χ4v) is 1.87. The van der Waals surface area contributed by atoms with Gasteiger partial charge >= 0.3 is 0 Å². The van der Waals surface area contributed by atoms with Crippen LogP contribution in [0.15, 0.2) is 36.7 Å². The Kier molecular flexibility index (Phi) is 4.36. The predicted molar refractivity (Wildman–Crippen MR) is 73.2 cm³/mol. The number of aromatic nitrogens is 2. The lowest BCUT2D eigenvalue weighted by Crippen LogP contribution is -1.99. The Morgan fingerprint density at radius 2 is 2.17 bits per heavy atom. The molecule has 1 aromatic carbocycles. The van der Waals surface area contributed by atoms with Gasteiger partial charge in [0.2, 0.25) is 0 Å². The number of unbranched alkanes of at least 4 members (excludes halogenated alkanes) is 1. The van der Waals surface area contributed by atoms with Crippen LogP contribution >= 0.6 is 0 Å². The van der Waals surface area contributed by atoms with Crippen LogP contribution in [-0.2, 0) is 11.3 Å². The standard InChI is InChI=1S/C14H19N3O/c1-18-8-3-2-7-17-11-13(10-16-17)12-5-4-6-14(15)9-12/h4-6,9-11H,2-3,7-8,15H2,1H3. The van der Waals surface area contributed by atoms with Crippen LogP contribution in [0, 0.1) is 0 Å². The van der Waals surface area contributed by atoms with Crippen molar-refractivity contribution in [2.24, 2.45) is 0 Å². The molecule has 4 nitrogen and oxygen atoms in total. The van der Waals surface area contributed by atoms with E-state index in [1.54, 1.807) is 7.11 Å². The molecule has 0 bridgehead atoms. The highest BCUT2D eigenvalue weighted by atomic mass is 16.5. The van der Waals surface area contributed by atoms with E-state index in [1.165, 1.54) is 0 Å². The molecule has 2 rings (SSSR count). The summed E-state index contributed by atoms with van der Waals surface area (Å²) in [6.07, 6.45) is 6.07. The Labute approximate surface area is 107 Å². The lowest BCUT2D eigenvalue weighted by molar-refractivity contribution is 0.191. The van der Waals surface area contributed by atoms with Crippen LogP contribution < -0.4 is 5.73 Å². The van der Waals surface area contributed by atoms with Crippen molar-refractivity contribution in [3.05, 3.63) is 36.7 Å². The third-order valence-electron chi connectivity index (χ3n) is 2.84. The largest absolute Gasteiger partial charge is 0.399 e. The highest BCUT2D eigenvalue weighted by Crippen LogP contribution is 2.20. The molecular formula is C14H19N3O. The third-order valence-corrected chi connectivity index (χ3v) is 2.84. The summed E-state index contributed by atoms with van der Waals surface area (Å²) in [7, 11) is 1.73. The summed E-state index contributed by atoms with van der Waals surface area (Å²) >= 11 is 0. The molecule has 2 N–H and O–H groups in total. The molecule has 1 aromatic heterocycles. The molecule has 96 valence electrons. The number of nitrogen functional groups attached to an aromatic ring is 1. The number of methoxy groups -OCH3 is 1. The van der Waals surface area contributed by atoms with E-state index in [-0.39, 0.29) is 0 Å². The Balaban J connectivity index is 1.97. The van der Waals surface area contributed by atoms with Crippen molar-refractivity contribution in [2.75, 3.05) is 19.5 Å². The maximum atomic E-state index is 5.78. The second kappa shape index (κ2) is 6.21. The van der Waals surface area contributed by atoms with Gasteiger partial charge in [0.15, 0.2) is 0 Å². The van der Waals surface area contributed by atoms with E-state index >= 15 is 0 Å². The summed E-state index contributed by atoms with van der Waals surface area (Å²) < 4.78 is 6.99. The highest BCUT2D eigenvalue weighted by molar-refractivity contribution is 5.65. The minimum atomic E-state index is 0.778. The molecule has 0 amide bonds. The van der Waals surface area contributed by atoms with E-state index in [9.17, 15) is 0 Å². The first-order valence-corrected chi connectivity index (χ1v) is 6.17. The minimum absolute atomic E-state index is 0.778. The van der Waals surface area contributed by atoms with Crippen LogP contribution in [0.4, 0.5) is 5.69 Å². The van der Waals surface area contributed by atoms with Gasteiger partial charge in [-0.05, 0) is 30.5 Å². The summed E-state index contributed by atoms with van der Waals surface area (Å²) in [5.41, 5.74) is 8.77. The van der Waals surface area contributed by atoms with Crippen LogP contribution in [0.25, 0.3) is 11.1 Å². The first kappa shape index (κ1) is 12.6. The number of nitrogens with zero attached hydrogens (tertiary/aromatic N) is 2. The number of ether oxygens (including phenoxy) is 1. The van der Waals surface area contributed by atoms with Gasteiger partial charge in [0.1, 0.15) is 0 Å². The molecule has 0 aliphatic rings. The first-order chi connectivity index (χ1) is 8.79. The third kappa shape index (κ3) is 3.34. The zero-order chi connectivity index (χ0) is 12.8. The number of benzene rings is 1. The van der Waals surface area contributed by atoms with Crippen LogP contribution in [0.3, 0.4) is 0 Å². The van der Waals surface area contributed by atoms with Crippen molar-refractivity contribution in [3.63, 3.8) is 0 Å². The molecule has 1 heterocycles. The van der Waals surface area contributed by atoms with Crippen LogP contribution in [-0.4, -0.2) is 23.5 Å². The number of rotatable bonds is 6. The van der Waals surface area contributed by atoms with E-state index in [0.717, 1.165) is 42.8 Å². The van der Waals surface area contributed by atoms with Gasteiger partial charge in [-0.3, -0.25) is 4.68 Å². The summed E-state index contributed by atoms with van der Waals surface area (Å²) in [4.78, 5) is 0. The van der Waals surface area contributed by atoms with E-state index in [2.05, 4.69) is 11.3 Å². The van der Waals surface area contributed by atoms with Crippen molar-refractivity contribution in [1.29, 1.82) is 0 Å². The molecule has 2 aromatic rings. The van der Waals surface area contributed by atoms with Crippen LogP contribution in [0.2, 0.25) is 0 Å². The lowest BCUT2D eigenvalue weighted by Gasteiger charge is -2.01. The first-order valence-electron chi connectivity index (χ1n) is 6.17. The van der Waals surface area contributed by atoms with Gasteiger partial charge in [0, 0.05) is 37.7 Å². The minimum Gasteiger partial charge on any atom is -0.399 e. The molecule has 0 aliphatic carbocycles. The van der Waals surface area contributed by atoms with Gasteiger partial charge in [-0.25, -0.2) is 0 Å². The summed E-state index contributed by atoms with van der Waals surface area (Å²) in [6, 6.07) is 7.86. The van der Waals surface area contributed by atoms with E-state index < -0.39 is 0 Å². The SMILES string of the molecule is COCCCCn1cc(-c2cccc(N)c2)cn1. The van der Waals surface area contributed by atoms with Crippen molar-refractivity contribution >= 4 is 5.69 Å². The Bertz CT molecular complexity index is 493. The molecule has 0 atom stereocenters. The quantitative estimate of drug-likeness (QED) is 0.628. The molecule has 4 heteroatoms. The van der Waals surface area contributed by atoms with E-state index in [4.69, 9.17) is 10.5 Å². The average Bonchev–Trinajstić information content (AvgIpc) is 2.83. The molecule has 0 unspecified atom stereocenters. The maximum Gasteiger partial charge on any atom is 0.0568 e. The number of hydrogen-bond donors (Lipinski definition) is 1. The molecule has 0 spiro atoms. The highest BCUT2D eigenvalue weighted by Gasteiger charge is 2.01. The number of aryl methyl sites for hydroxylation is 1. The van der Waals surface area contributed by atoms with E-state index in [1.807, 2.05) is 35.1 Å². The second-order valence-electron chi connectivity index (χ2n) is 4.32. The topological polar surface area (TPSA) is 53.1 Å². The van der Waals surface area contributed by atoms with Gasteiger partial charge < -0.3 is 10.5 Å². The van der Waals surface area contributed by atoms with Gasteiger partial charge in [-0.2, -0.15) is 5.10 Å². The fourth-order valence-electron chi connectivity index (χ4n) is 1.87. The number of nitrogens with two attached hydrogens (primary N) is 1. The van der Waals surface area contributed by atoms with Crippen LogP contribution in [0.1, 0.15) is 12.8 Å². The Hall–Kier alpha value is -1.81. The number of hydrogen-bond acceptors (Lipinski definition) is 3. The summed E-state index contributed by atoms with van der Waals surface area (Å²) in [5, 5.41) is 4.35. The smallest absolute Gasteiger partial charge is 0.0568 e. The van der Waals surface area contributed by atoms with Gasteiger partial charge in [-0.1, -0.05) is 12.1 Å². The van der Waals surface area contributed by atoms with Gasteiger partial charge in [0.25, 0.3) is 0 Å². The van der Waals surface area contributed by atoms with Gasteiger partial charge in [0.05, 0.1) is 6.20 Å². The van der Waals surface area contributed by atoms with Crippen molar-refractivity contribution in [3.8, 4) is 11.1 Å². The normalized spacial score (nSPS) is 10.7. The summed E-state index contributed by atoms with van der Waals surface area (Å²) in [5.74, 6) is 0. The zero-order valence-electron chi connectivity index (χ0n) is 10.7. The molecule has 0 saturated heterocycles. The van der Waals surface area contributed by atoms with Crippen molar-refractivity contribution < 1.29 is 4.74 Å². The molecule has 0 radical (unpaired) electrons. The molecule has 18 heavy (non-hydrogen) atoms. The molecule has 0 fully saturated rings. The molecule has 0 aliphatic heterocycles.